The molecule has 0 spiro atoms. The Morgan fingerprint density at radius 2 is 1.74 bits per heavy atom. The van der Waals surface area contributed by atoms with E-state index in [9.17, 15) is 4.79 Å². The van der Waals surface area contributed by atoms with Gasteiger partial charge < -0.3 is 15.3 Å². The van der Waals surface area contributed by atoms with Gasteiger partial charge in [0, 0.05) is 30.7 Å². The normalized spacial score (nSPS) is 32.9. The molecule has 5 heteroatoms. The lowest BCUT2D eigenvalue weighted by Gasteiger charge is -2.45. The van der Waals surface area contributed by atoms with Gasteiger partial charge in [-0.1, -0.05) is 0 Å². The molecule has 23 heavy (non-hydrogen) atoms. The number of piperidine rings is 1. The van der Waals surface area contributed by atoms with E-state index in [1.54, 1.807) is 0 Å². The fraction of sp³-hybridized carbons (Fsp3) is 0.944. The van der Waals surface area contributed by atoms with Crippen LogP contribution >= 0.6 is 0 Å². The van der Waals surface area contributed by atoms with Crippen molar-refractivity contribution in [2.24, 2.45) is 5.92 Å². The minimum atomic E-state index is -0.672. The van der Waals surface area contributed by atoms with E-state index in [2.05, 4.69) is 15.1 Å². The summed E-state index contributed by atoms with van der Waals surface area (Å²) in [5, 5.41) is 13.0. The van der Waals surface area contributed by atoms with Crippen LogP contribution in [0.5, 0.6) is 0 Å². The molecule has 0 aromatic carbocycles. The van der Waals surface area contributed by atoms with Gasteiger partial charge in [-0.05, 0) is 70.4 Å². The maximum atomic E-state index is 11.1. The van der Waals surface area contributed by atoms with Crippen LogP contribution in [0.25, 0.3) is 0 Å². The Morgan fingerprint density at radius 1 is 1.04 bits per heavy atom. The van der Waals surface area contributed by atoms with Crippen LogP contribution in [0, 0.1) is 5.92 Å². The first kappa shape index (κ1) is 15.9. The van der Waals surface area contributed by atoms with Crippen molar-refractivity contribution < 1.29 is 9.90 Å². The van der Waals surface area contributed by atoms with Crippen molar-refractivity contribution in [1.29, 1.82) is 0 Å². The highest BCUT2D eigenvalue weighted by atomic mass is 16.4. The molecule has 2 N–H and O–H groups in total. The van der Waals surface area contributed by atoms with E-state index in [0.29, 0.717) is 18.1 Å². The Bertz CT molecular complexity index is 422. The van der Waals surface area contributed by atoms with Crippen LogP contribution in [0.2, 0.25) is 0 Å². The Hall–Kier alpha value is -0.650. The third-order valence-electron chi connectivity index (χ3n) is 6.22. The summed E-state index contributed by atoms with van der Waals surface area (Å²) in [6, 6.07) is 2.71. The van der Waals surface area contributed by atoms with Crippen LogP contribution < -0.4 is 5.32 Å². The first-order chi connectivity index (χ1) is 11.2. The molecule has 4 aliphatic rings. The average molecular weight is 321 g/mol. The molecule has 0 atom stereocenters. The van der Waals surface area contributed by atoms with Crippen molar-refractivity contribution >= 4 is 5.97 Å². The number of carbonyl (C=O) groups is 1. The third kappa shape index (κ3) is 4.25. The van der Waals surface area contributed by atoms with Gasteiger partial charge in [-0.2, -0.15) is 0 Å². The first-order valence-corrected chi connectivity index (χ1v) is 9.63. The van der Waals surface area contributed by atoms with Crippen molar-refractivity contribution in [3.8, 4) is 0 Å². The quantitative estimate of drug-likeness (QED) is 0.710. The van der Waals surface area contributed by atoms with Crippen molar-refractivity contribution in [3.63, 3.8) is 0 Å². The van der Waals surface area contributed by atoms with E-state index in [1.807, 2.05) is 0 Å². The van der Waals surface area contributed by atoms with Gasteiger partial charge in [0.15, 0.2) is 0 Å². The van der Waals surface area contributed by atoms with Gasteiger partial charge in [0.25, 0.3) is 0 Å². The van der Waals surface area contributed by atoms with Gasteiger partial charge in [-0.15, -0.1) is 0 Å². The van der Waals surface area contributed by atoms with Crippen LogP contribution in [0.15, 0.2) is 0 Å². The standard InChI is InChI=1S/C18H31N3O2/c22-18(23)12-21(11-13-1-2-13)17-9-15(10-17)19-14-5-7-20(8-6-14)16-3-4-16/h13-17,19H,1-12H2,(H,22,23). The van der Waals surface area contributed by atoms with Crippen molar-refractivity contribution in [2.45, 2.75) is 75.5 Å². The van der Waals surface area contributed by atoms with Crippen LogP contribution in [-0.2, 0) is 4.79 Å². The number of nitrogens with one attached hydrogen (secondary N) is 1. The topological polar surface area (TPSA) is 55.8 Å². The summed E-state index contributed by atoms with van der Waals surface area (Å²) >= 11 is 0. The van der Waals surface area contributed by atoms with E-state index in [-0.39, 0.29) is 6.54 Å². The molecule has 1 saturated heterocycles. The number of carboxylic acid groups (broad SMARTS) is 1. The predicted octanol–water partition coefficient (Wildman–Crippen LogP) is 1.53. The molecule has 4 rings (SSSR count). The zero-order valence-corrected chi connectivity index (χ0v) is 14.1. The second-order valence-electron chi connectivity index (χ2n) is 8.30. The lowest BCUT2D eigenvalue weighted by Crippen LogP contribution is -2.57. The molecule has 0 aromatic heterocycles. The molecule has 1 heterocycles. The molecule has 0 bridgehead atoms. The summed E-state index contributed by atoms with van der Waals surface area (Å²) in [6.45, 7) is 3.77. The number of aliphatic carboxylic acids is 1. The minimum absolute atomic E-state index is 0.230. The summed E-state index contributed by atoms with van der Waals surface area (Å²) in [4.78, 5) is 16.0. The number of carboxylic acids is 1. The highest BCUT2D eigenvalue weighted by Crippen LogP contribution is 2.34. The summed E-state index contributed by atoms with van der Waals surface area (Å²) in [6.07, 6.45) is 10.3. The molecule has 0 radical (unpaired) electrons. The summed E-state index contributed by atoms with van der Waals surface area (Å²) in [5.74, 6) is 0.0996. The van der Waals surface area contributed by atoms with E-state index in [0.717, 1.165) is 31.3 Å². The maximum absolute atomic E-state index is 11.1. The molecule has 1 aliphatic heterocycles. The number of rotatable bonds is 8. The molecule has 0 aromatic rings. The maximum Gasteiger partial charge on any atom is 0.317 e. The Morgan fingerprint density at radius 3 is 2.30 bits per heavy atom. The average Bonchev–Trinajstić information content (AvgIpc) is 3.34. The fourth-order valence-corrected chi connectivity index (χ4v) is 4.37. The van der Waals surface area contributed by atoms with Crippen molar-refractivity contribution in [1.82, 2.24) is 15.1 Å². The van der Waals surface area contributed by atoms with Crippen LogP contribution in [0.3, 0.4) is 0 Å². The highest BCUT2D eigenvalue weighted by molar-refractivity contribution is 5.69. The molecule has 3 saturated carbocycles. The SMILES string of the molecule is O=C(O)CN(CC1CC1)C1CC(NC2CCN(C3CC3)CC2)C1. The van der Waals surface area contributed by atoms with E-state index in [1.165, 1.54) is 51.6 Å². The number of likely N-dealkylation sites (tertiary alicyclic amines) is 1. The minimum Gasteiger partial charge on any atom is -0.480 e. The van der Waals surface area contributed by atoms with Gasteiger partial charge in [-0.3, -0.25) is 9.69 Å². The Labute approximate surface area is 139 Å². The number of nitrogens with zero attached hydrogens (tertiary/aromatic N) is 2. The second kappa shape index (κ2) is 6.69. The molecule has 0 amide bonds. The Kier molecular flexibility index (Phi) is 4.61. The molecule has 5 nitrogen and oxygen atoms in total. The largest absolute Gasteiger partial charge is 0.480 e. The summed E-state index contributed by atoms with van der Waals surface area (Å²) < 4.78 is 0. The smallest absolute Gasteiger partial charge is 0.317 e. The summed E-state index contributed by atoms with van der Waals surface area (Å²) in [7, 11) is 0. The van der Waals surface area contributed by atoms with Gasteiger partial charge in [-0.25, -0.2) is 0 Å². The van der Waals surface area contributed by atoms with Gasteiger partial charge in [0.2, 0.25) is 0 Å². The van der Waals surface area contributed by atoms with Gasteiger partial charge >= 0.3 is 5.97 Å². The van der Waals surface area contributed by atoms with E-state index < -0.39 is 5.97 Å². The lowest BCUT2D eigenvalue weighted by molar-refractivity contribution is -0.139. The monoisotopic (exact) mass is 321 g/mol. The van der Waals surface area contributed by atoms with Crippen molar-refractivity contribution in [2.75, 3.05) is 26.2 Å². The van der Waals surface area contributed by atoms with Crippen molar-refractivity contribution in [3.05, 3.63) is 0 Å². The summed E-state index contributed by atoms with van der Waals surface area (Å²) in [5.41, 5.74) is 0. The zero-order valence-electron chi connectivity index (χ0n) is 14.1. The number of hydrogen-bond donors (Lipinski definition) is 2. The highest BCUT2D eigenvalue weighted by Gasteiger charge is 2.38. The second-order valence-corrected chi connectivity index (χ2v) is 8.30. The first-order valence-electron chi connectivity index (χ1n) is 9.63. The zero-order chi connectivity index (χ0) is 15.8. The van der Waals surface area contributed by atoms with Crippen LogP contribution in [0.4, 0.5) is 0 Å². The Balaban J connectivity index is 1.17. The molecule has 130 valence electrons. The van der Waals surface area contributed by atoms with Crippen LogP contribution in [-0.4, -0.2) is 71.2 Å². The van der Waals surface area contributed by atoms with Gasteiger partial charge in [0.1, 0.15) is 0 Å². The predicted molar refractivity (Wildman–Crippen MR) is 89.5 cm³/mol. The molecule has 3 aliphatic carbocycles. The third-order valence-corrected chi connectivity index (χ3v) is 6.22. The number of hydrogen-bond acceptors (Lipinski definition) is 4. The molecular formula is C18H31N3O2. The van der Waals surface area contributed by atoms with Gasteiger partial charge in [0.05, 0.1) is 6.54 Å². The molecular weight excluding hydrogens is 290 g/mol. The lowest BCUT2D eigenvalue weighted by atomic mass is 9.84. The molecule has 4 fully saturated rings. The van der Waals surface area contributed by atoms with Crippen LogP contribution in [0.1, 0.15) is 51.4 Å². The van der Waals surface area contributed by atoms with E-state index in [4.69, 9.17) is 5.11 Å². The van der Waals surface area contributed by atoms with E-state index >= 15 is 0 Å². The molecule has 0 unspecified atom stereocenters. The fourth-order valence-electron chi connectivity index (χ4n) is 4.37.